The smallest absolute Gasteiger partial charge is 1.00 e. The maximum Gasteiger partial charge on any atom is 1.00 e. The first-order valence-corrected chi connectivity index (χ1v) is 46.2. The Labute approximate surface area is 916 Å². The van der Waals surface area contributed by atoms with Crippen molar-refractivity contribution in [1.82, 2.24) is 55.7 Å². The summed E-state index contributed by atoms with van der Waals surface area (Å²) < 4.78 is 58.8. The number of carbonyl (C=O) groups is 14. The van der Waals surface area contributed by atoms with Gasteiger partial charge in [0.15, 0.2) is 0 Å². The molecule has 731 valence electrons. The average molecular weight is 2120 g/mol. The summed E-state index contributed by atoms with van der Waals surface area (Å²) in [6.45, 7) is 16.6. The second kappa shape index (κ2) is 81.3. The minimum atomic E-state index is -3.22. The van der Waals surface area contributed by atoms with Crippen LogP contribution in [0.3, 0.4) is 0 Å². The van der Waals surface area contributed by atoms with Crippen LogP contribution in [-0.4, -0.2) is 210 Å². The van der Waals surface area contributed by atoms with Gasteiger partial charge in [-0.25, -0.2) is 77.5 Å². The van der Waals surface area contributed by atoms with Gasteiger partial charge in [0.1, 0.15) is 45.6 Å². The van der Waals surface area contributed by atoms with Crippen LogP contribution < -0.4 is 139 Å². The molecule has 0 aliphatic carbocycles. The number of aliphatic hydroxyl groups excluding tert-OH is 1. The Morgan fingerprint density at radius 1 is 0.471 bits per heavy atom. The molecule has 0 saturated heterocycles. The molecule has 14 N–H and O–H groups in total. The molecule has 8 aromatic heterocycles. The first-order chi connectivity index (χ1) is 63.2. The summed E-state index contributed by atoms with van der Waals surface area (Å²) in [7, 11) is 7.36. The number of hydrogen-bond acceptors (Lipinski definition) is 36. The number of nitrogens with two attached hydrogens (primary N) is 3. The fraction of sp³-hybridized carbons (Fsp3) is 0.250. The Morgan fingerprint density at radius 2 is 0.746 bits per heavy atom. The molecular formula is C84H99BCl6KN15Na2O27PS. The number of imidazole rings is 1. The maximum atomic E-state index is 12.3. The number of nitrogens with zero attached hydrogens (tertiary/aromatic N) is 10. The van der Waals surface area contributed by atoms with Crippen molar-refractivity contribution in [3.8, 4) is 0 Å². The molecular weight excluding hydrogens is 2020 g/mol. The van der Waals surface area contributed by atoms with E-state index in [9.17, 15) is 66.9 Å². The Morgan fingerprint density at radius 3 is 1.08 bits per heavy atom. The van der Waals surface area contributed by atoms with Gasteiger partial charge in [0.05, 0.1) is 148 Å². The molecule has 2 aromatic carbocycles. The molecule has 0 saturated carbocycles. The van der Waals surface area contributed by atoms with Crippen LogP contribution in [0.2, 0.25) is 0 Å². The van der Waals surface area contributed by atoms with E-state index in [1.54, 1.807) is 218 Å². The third-order valence-electron chi connectivity index (χ3n) is 14.8. The van der Waals surface area contributed by atoms with Gasteiger partial charge in [0.2, 0.25) is 15.6 Å². The zero-order valence-electron chi connectivity index (χ0n) is 78.5. The molecule has 42 nitrogen and oxygen atoms in total. The van der Waals surface area contributed by atoms with E-state index in [1.807, 2.05) is 12.1 Å². The summed E-state index contributed by atoms with van der Waals surface area (Å²) in [6.07, 6.45) is 3.88. The van der Waals surface area contributed by atoms with E-state index in [0.717, 1.165) is 10.4 Å². The number of imide groups is 2. The molecule has 2 aliphatic rings. The standard InChI is InChI=1S/C17H14N2O4.C11H13NO4.C10H12N2O3.C10H10N2O2.C9H10ClNO2.C9H12N2O2.C9H11NO3.C8H5NO2.CH2O2.B.Cl3OP.Cl2OS.K.H4N2.H3N.2Na.H2O.2H/c1-2-23-17(22)14-9-5-6-11(18-14)10-19-15(20)12-7-3-4-8-13(12)16(19)21;1-3-15-10(13)8-6-5-7-9(12-8)11(14)16-4-2;1-2-15-10(14)9-5-3-4-8(12-9)6-11-7-13;1-2-14-10(13)9-5-3-4-8-6-11-7-12(8)9;2*1-2-13-9(12)8-5-3-4-7(6-10)11-8;1-2-13-9(12)8-5-3-4-7(6-11)10-8;10-7-5-3-1-2-4-6(5)8(11)9-7;2-1-3;;1-5(2,3)4;1-4(2)3;;1-2;;;;;;/h3-9H,2,10H2,1H3;5-7H,3-4H2,1-2H3;3-5,7H,2,6H2,1H3,(H,11,13);3-7H,2H2,1H3;3-5H,2,6H2,1H3;3-5H,2,6,10H2,1H3;3-5,11H,2,6H2,1H3;1-4H,(H,9,10,11);1H,(H,2,3);;;;;1-2H2;1H3;;;1H2;;/q;;;;;;;;;;;;+1;;;2*+1;;2*-1/p-1. The van der Waals surface area contributed by atoms with Crippen LogP contribution in [0.4, 0.5) is 0 Å². The number of aromatic nitrogens is 8. The van der Waals surface area contributed by atoms with Gasteiger partial charge in [-0.1, -0.05) is 78.9 Å². The van der Waals surface area contributed by atoms with Crippen LogP contribution in [-0.2, 0) is 93.4 Å². The molecule has 0 fully saturated rings. The van der Waals surface area contributed by atoms with E-state index in [0.29, 0.717) is 126 Å². The Kier molecular flexibility index (Phi) is 82.1. The summed E-state index contributed by atoms with van der Waals surface area (Å²) >= 11 is 19.4. The zero-order chi connectivity index (χ0) is 99.1. The molecule has 12 rings (SSSR count). The normalized spacial score (nSPS) is 10.1. The quantitative estimate of drug-likeness (QED) is 0.00437. The van der Waals surface area contributed by atoms with Gasteiger partial charge in [-0.2, -0.15) is 0 Å². The number of fused-ring (bicyclic) bond motifs is 3. The van der Waals surface area contributed by atoms with E-state index in [4.69, 9.17) is 74.4 Å². The molecule has 0 bridgehead atoms. The van der Waals surface area contributed by atoms with E-state index in [1.165, 1.54) is 18.2 Å². The van der Waals surface area contributed by atoms with E-state index in [2.05, 4.69) is 112 Å². The number of carboxylic acid groups (broad SMARTS) is 1. The van der Waals surface area contributed by atoms with Gasteiger partial charge >= 0.3 is 163 Å². The van der Waals surface area contributed by atoms with Crippen LogP contribution >= 0.6 is 71.9 Å². The first-order valence-electron chi connectivity index (χ1n) is 38.4. The van der Waals surface area contributed by atoms with Gasteiger partial charge < -0.3 is 88.5 Å². The number of carbonyl (C=O) groups excluding carboxylic acids is 13. The zero-order valence-corrected chi connectivity index (χ0v) is 89.9. The number of aliphatic hydroxyl groups is 1. The summed E-state index contributed by atoms with van der Waals surface area (Å²) in [5.74, 6) is 3.07. The summed E-state index contributed by atoms with van der Waals surface area (Å²) in [6, 6.07) is 48.1. The van der Waals surface area contributed by atoms with Crippen molar-refractivity contribution in [1.29, 1.82) is 0 Å². The summed E-state index contributed by atoms with van der Waals surface area (Å²) in [4.78, 5) is 185. The summed E-state index contributed by atoms with van der Waals surface area (Å²) in [5.41, 5.74) is 12.7. The number of nitrogens with one attached hydrogen (secondary N) is 1. The molecule has 0 spiro atoms. The van der Waals surface area contributed by atoms with E-state index >= 15 is 0 Å². The minimum absolute atomic E-state index is 0. The number of ether oxygens (including phenoxy) is 8. The predicted octanol–water partition coefficient (Wildman–Crippen LogP) is 2.89. The van der Waals surface area contributed by atoms with Crippen LogP contribution in [0, 0.1) is 0 Å². The summed E-state index contributed by atoms with van der Waals surface area (Å²) in [5, 5.41) is 18.2. The van der Waals surface area contributed by atoms with Crippen LogP contribution in [0.15, 0.2) is 188 Å². The molecule has 10 aromatic rings. The Hall–Kier alpha value is -9.41. The van der Waals surface area contributed by atoms with Crippen molar-refractivity contribution in [2.24, 2.45) is 17.4 Å². The molecule has 0 atom stereocenters. The number of hydrazine groups is 1. The fourth-order valence-electron chi connectivity index (χ4n) is 9.61. The number of hydrogen-bond donors (Lipinski definition) is 7. The molecule has 0 unspecified atom stereocenters. The van der Waals surface area contributed by atoms with Crippen molar-refractivity contribution >= 4 is 179 Å². The third-order valence-corrected chi connectivity index (χ3v) is 15.0. The second-order valence-electron chi connectivity index (χ2n) is 23.5. The second-order valence-corrected chi connectivity index (χ2v) is 33.0. The first kappa shape index (κ1) is 139. The molecule has 10 heterocycles. The molecule has 2 aliphatic heterocycles. The minimum Gasteiger partial charge on any atom is -1.00 e. The van der Waals surface area contributed by atoms with Gasteiger partial charge in [0.25, 0.3) is 18.3 Å². The molecule has 138 heavy (non-hydrogen) atoms. The largest absolute Gasteiger partial charge is 1.00 e. The molecule has 5 amide bonds. The van der Waals surface area contributed by atoms with Gasteiger partial charge in [-0.15, -0.1) is 11.6 Å². The molecule has 54 heteroatoms. The Bertz CT molecular complexity index is 5290. The number of halogens is 6. The molecule has 3 radical (unpaired) electrons. The van der Waals surface area contributed by atoms with Crippen LogP contribution in [0.25, 0.3) is 10.8 Å². The number of amides is 5. The number of rotatable bonds is 24. The number of benzene rings is 2. The maximum absolute atomic E-state index is 12.3. The van der Waals surface area contributed by atoms with Crippen molar-refractivity contribution in [3.63, 3.8) is 0 Å². The van der Waals surface area contributed by atoms with Crippen molar-refractivity contribution in [2.75, 3.05) is 52.9 Å². The average Bonchev–Trinajstić information content (AvgIpc) is 1.63. The van der Waals surface area contributed by atoms with Gasteiger partial charge in [0, 0.05) is 47.4 Å². The number of esters is 8. The Balaban J connectivity index is -0.000000232. The monoisotopic (exact) mass is 2120 g/mol. The predicted molar refractivity (Wildman–Crippen MR) is 502 cm³/mol. The topological polar surface area (TPSA) is 656 Å². The number of alkyl halides is 1. The van der Waals surface area contributed by atoms with Crippen molar-refractivity contribution in [3.05, 3.63) is 290 Å². The van der Waals surface area contributed by atoms with Gasteiger partial charge in [-0.3, -0.25) is 44.7 Å². The van der Waals surface area contributed by atoms with Crippen LogP contribution in [0.5, 0.6) is 0 Å². The van der Waals surface area contributed by atoms with E-state index < -0.39 is 68.0 Å². The fourth-order valence-corrected chi connectivity index (χ4v) is 9.75. The SMILES string of the molecule is CCOC(=O)c1cccc(C(=O)OCC)n1.CCOC(=O)c1cccc(CCl)n1.CCOC(=O)c1cccc(CN)n1.CCOC(=O)c1cccc(CN2C(=O)c3ccccc3C2=O)n1.CCOC(=O)c1cccc(CNC=O)n1.CCOC(=O)c1cccc(CO)n1.CCOC(=O)c1cccc2cncn12.N.NN.O.O=C1[N-]C(=O)c2ccccc21.O=CO.O=P(Cl)(Cl)Cl.O=S(Cl)Cl.[B].[H-].[H-].[K+].[Na+].[Na+]. The van der Waals surface area contributed by atoms with Gasteiger partial charge in [-0.05, 0) is 186 Å². The number of pyridine rings is 7. The van der Waals surface area contributed by atoms with E-state index in [-0.39, 0.29) is 219 Å². The van der Waals surface area contributed by atoms with Crippen molar-refractivity contribution in [2.45, 2.75) is 87.5 Å². The van der Waals surface area contributed by atoms with Crippen molar-refractivity contribution < 1.29 is 243 Å². The third kappa shape index (κ3) is 55.0. The van der Waals surface area contributed by atoms with Crippen LogP contribution in [0.1, 0.15) is 212 Å².